The molecule has 154 valence electrons. The summed E-state index contributed by atoms with van der Waals surface area (Å²) < 4.78 is 14.9. The van der Waals surface area contributed by atoms with Crippen LogP contribution in [0.1, 0.15) is 11.4 Å². The van der Waals surface area contributed by atoms with E-state index in [1.807, 2.05) is 36.6 Å². The Morgan fingerprint density at radius 2 is 1.90 bits per heavy atom. The van der Waals surface area contributed by atoms with Crippen LogP contribution >= 0.6 is 23.1 Å². The van der Waals surface area contributed by atoms with E-state index in [1.54, 1.807) is 16.8 Å². The van der Waals surface area contributed by atoms with Crippen molar-refractivity contribution in [2.24, 2.45) is 0 Å². The van der Waals surface area contributed by atoms with Gasteiger partial charge in [-0.1, -0.05) is 41.6 Å². The minimum absolute atomic E-state index is 0.223. The van der Waals surface area contributed by atoms with Crippen molar-refractivity contribution in [2.45, 2.75) is 17.8 Å². The quantitative estimate of drug-likeness (QED) is 0.400. The lowest BCUT2D eigenvalue weighted by Crippen LogP contribution is -2.11. The van der Waals surface area contributed by atoms with Crippen molar-refractivity contribution in [1.82, 2.24) is 30.2 Å². The van der Waals surface area contributed by atoms with Crippen molar-refractivity contribution in [1.29, 1.82) is 0 Å². The van der Waals surface area contributed by atoms with Crippen LogP contribution in [-0.2, 0) is 5.75 Å². The number of nitrogens with zero attached hydrogens (tertiary/aromatic N) is 5. The Labute approximate surface area is 184 Å². The molecule has 0 aliphatic carbocycles. The van der Waals surface area contributed by atoms with Crippen LogP contribution in [0.15, 0.2) is 63.9 Å². The molecule has 10 heteroatoms. The Morgan fingerprint density at radius 3 is 2.68 bits per heavy atom. The summed E-state index contributed by atoms with van der Waals surface area (Å²) in [6.45, 7) is 2.02. The van der Waals surface area contributed by atoms with Gasteiger partial charge in [-0.05, 0) is 47.2 Å². The number of nitrogens with one attached hydrogen (secondary N) is 1. The summed E-state index contributed by atoms with van der Waals surface area (Å²) in [7, 11) is 0. The lowest BCUT2D eigenvalue weighted by atomic mass is 10.1. The third-order valence-corrected chi connectivity index (χ3v) is 6.51. The van der Waals surface area contributed by atoms with Crippen molar-refractivity contribution in [3.05, 3.63) is 81.5 Å². The second-order valence-corrected chi connectivity index (χ2v) is 8.65. The molecule has 0 atom stereocenters. The molecule has 0 radical (unpaired) electrons. The molecular formula is C21H15FN6OS2. The molecule has 3 aromatic heterocycles. The first-order valence-corrected chi connectivity index (χ1v) is 11.2. The number of halogens is 1. The molecule has 0 aliphatic heterocycles. The molecular weight excluding hydrogens is 435 g/mol. The average Bonchev–Trinajstić information content (AvgIpc) is 3.41. The van der Waals surface area contributed by atoms with Gasteiger partial charge in [-0.15, -0.1) is 16.4 Å². The molecule has 3 heterocycles. The highest BCUT2D eigenvalue weighted by molar-refractivity contribution is 7.98. The summed E-state index contributed by atoms with van der Waals surface area (Å²) in [4.78, 5) is 20.9. The van der Waals surface area contributed by atoms with Crippen LogP contribution in [0.4, 0.5) is 4.39 Å². The maximum Gasteiger partial charge on any atom is 0.260 e. The van der Waals surface area contributed by atoms with E-state index in [9.17, 15) is 9.18 Å². The van der Waals surface area contributed by atoms with E-state index in [1.165, 1.54) is 35.2 Å². The van der Waals surface area contributed by atoms with E-state index in [4.69, 9.17) is 0 Å². The van der Waals surface area contributed by atoms with E-state index < -0.39 is 0 Å². The van der Waals surface area contributed by atoms with Crippen molar-refractivity contribution in [3.63, 3.8) is 0 Å². The lowest BCUT2D eigenvalue weighted by molar-refractivity contribution is 0.628. The van der Waals surface area contributed by atoms with Crippen LogP contribution in [0, 0.1) is 12.7 Å². The molecule has 5 aromatic rings. The predicted octanol–water partition coefficient (Wildman–Crippen LogP) is 4.37. The van der Waals surface area contributed by atoms with Gasteiger partial charge in [-0.25, -0.2) is 9.37 Å². The minimum Gasteiger partial charge on any atom is -0.309 e. The first-order chi connectivity index (χ1) is 15.1. The van der Waals surface area contributed by atoms with Gasteiger partial charge in [0.15, 0.2) is 0 Å². The van der Waals surface area contributed by atoms with Crippen LogP contribution in [0.3, 0.4) is 0 Å². The van der Waals surface area contributed by atoms with Gasteiger partial charge in [0, 0.05) is 10.9 Å². The number of aromatic amines is 1. The zero-order valence-corrected chi connectivity index (χ0v) is 17.9. The lowest BCUT2D eigenvalue weighted by Gasteiger charge is -2.05. The van der Waals surface area contributed by atoms with E-state index in [0.717, 1.165) is 22.4 Å². The van der Waals surface area contributed by atoms with Gasteiger partial charge < -0.3 is 4.98 Å². The molecule has 0 bridgehead atoms. The van der Waals surface area contributed by atoms with E-state index in [-0.39, 0.29) is 11.4 Å². The monoisotopic (exact) mass is 450 g/mol. The van der Waals surface area contributed by atoms with Gasteiger partial charge >= 0.3 is 0 Å². The Morgan fingerprint density at radius 1 is 1.13 bits per heavy atom. The number of tetrazole rings is 1. The zero-order valence-electron chi connectivity index (χ0n) is 16.2. The van der Waals surface area contributed by atoms with Crippen LogP contribution < -0.4 is 5.56 Å². The maximum atomic E-state index is 13.2. The molecule has 0 aliphatic rings. The topological polar surface area (TPSA) is 89.3 Å². The van der Waals surface area contributed by atoms with Gasteiger partial charge in [0.2, 0.25) is 5.16 Å². The zero-order chi connectivity index (χ0) is 21.4. The number of H-pyrrole nitrogens is 1. The van der Waals surface area contributed by atoms with E-state index in [2.05, 4.69) is 25.5 Å². The van der Waals surface area contributed by atoms with Crippen LogP contribution in [0.2, 0.25) is 0 Å². The molecule has 0 saturated carbocycles. The normalized spacial score (nSPS) is 11.3. The van der Waals surface area contributed by atoms with Gasteiger partial charge in [0.25, 0.3) is 5.56 Å². The number of aromatic nitrogens is 6. The second kappa shape index (κ2) is 8.05. The molecule has 2 aromatic carbocycles. The minimum atomic E-state index is -0.317. The highest BCUT2D eigenvalue weighted by atomic mass is 32.2. The third-order valence-electron chi connectivity index (χ3n) is 4.71. The first-order valence-electron chi connectivity index (χ1n) is 9.33. The van der Waals surface area contributed by atoms with E-state index >= 15 is 0 Å². The van der Waals surface area contributed by atoms with Crippen molar-refractivity contribution >= 4 is 33.3 Å². The predicted molar refractivity (Wildman–Crippen MR) is 119 cm³/mol. The Balaban J connectivity index is 1.41. The number of aryl methyl sites for hydroxylation is 1. The molecule has 7 nitrogen and oxygen atoms in total. The smallest absolute Gasteiger partial charge is 0.260 e. The van der Waals surface area contributed by atoms with Crippen LogP contribution in [0.25, 0.3) is 27.0 Å². The summed E-state index contributed by atoms with van der Waals surface area (Å²) in [6.07, 6.45) is 0. The van der Waals surface area contributed by atoms with Crippen molar-refractivity contribution in [3.8, 4) is 16.8 Å². The molecule has 0 saturated heterocycles. The Hall–Kier alpha value is -3.37. The Bertz CT molecular complexity index is 1420. The van der Waals surface area contributed by atoms with Gasteiger partial charge in [0.05, 0.1) is 16.8 Å². The summed E-state index contributed by atoms with van der Waals surface area (Å²) >= 11 is 2.77. The first kappa shape index (κ1) is 19.6. The fourth-order valence-corrected chi connectivity index (χ4v) is 4.88. The SMILES string of the molecule is Cc1ccc(-n2nnnc2SCc2nc3scc(-c4ccc(F)cc4)c3c(=O)[nH]2)cc1. The molecule has 5 rings (SSSR count). The average molecular weight is 451 g/mol. The number of hydrogen-bond acceptors (Lipinski definition) is 7. The number of thiophene rings is 1. The number of thioether (sulfide) groups is 1. The summed E-state index contributed by atoms with van der Waals surface area (Å²) in [6, 6.07) is 14.0. The highest BCUT2D eigenvalue weighted by Crippen LogP contribution is 2.31. The molecule has 0 fully saturated rings. The number of rotatable bonds is 5. The van der Waals surface area contributed by atoms with Gasteiger partial charge in [0.1, 0.15) is 16.5 Å². The summed E-state index contributed by atoms with van der Waals surface area (Å²) in [5, 5.41) is 14.9. The molecule has 0 spiro atoms. The third kappa shape index (κ3) is 3.87. The summed E-state index contributed by atoms with van der Waals surface area (Å²) in [5.41, 5.74) is 3.31. The molecule has 0 amide bonds. The fourth-order valence-electron chi connectivity index (χ4n) is 3.15. The largest absolute Gasteiger partial charge is 0.309 e. The molecule has 1 N–H and O–H groups in total. The second-order valence-electron chi connectivity index (χ2n) is 6.85. The van der Waals surface area contributed by atoms with Crippen LogP contribution in [0.5, 0.6) is 0 Å². The summed E-state index contributed by atoms with van der Waals surface area (Å²) in [5.74, 6) is 0.623. The number of fused-ring (bicyclic) bond motifs is 1. The number of benzene rings is 2. The number of hydrogen-bond donors (Lipinski definition) is 1. The Kier molecular flexibility index (Phi) is 5.08. The fraction of sp³-hybridized carbons (Fsp3) is 0.0952. The molecule has 31 heavy (non-hydrogen) atoms. The van der Waals surface area contributed by atoms with Crippen molar-refractivity contribution in [2.75, 3.05) is 0 Å². The maximum absolute atomic E-state index is 13.2. The van der Waals surface area contributed by atoms with Gasteiger partial charge in [-0.3, -0.25) is 4.79 Å². The molecule has 0 unspecified atom stereocenters. The standard InChI is InChI=1S/C21H15FN6OS2/c1-12-2-8-15(9-3-12)28-21(25-26-27-28)31-11-17-23-19(29)18-16(10-30-20(18)24-17)13-4-6-14(22)7-5-13/h2-10H,11H2,1H3,(H,23,24,29). The van der Waals surface area contributed by atoms with Crippen LogP contribution in [-0.4, -0.2) is 30.2 Å². The van der Waals surface area contributed by atoms with E-state index in [0.29, 0.717) is 27.0 Å². The highest BCUT2D eigenvalue weighted by Gasteiger charge is 2.15. The van der Waals surface area contributed by atoms with Gasteiger partial charge in [-0.2, -0.15) is 4.68 Å². The van der Waals surface area contributed by atoms with Crippen molar-refractivity contribution < 1.29 is 4.39 Å².